The maximum absolute atomic E-state index is 10.5. The van der Waals surface area contributed by atoms with Crippen LogP contribution in [0.4, 0.5) is 5.69 Å². The van der Waals surface area contributed by atoms with Crippen molar-refractivity contribution in [3.8, 4) is 0 Å². The molecule has 21 heavy (non-hydrogen) atoms. The van der Waals surface area contributed by atoms with Gasteiger partial charge in [0.2, 0.25) is 0 Å². The molecule has 0 saturated carbocycles. The van der Waals surface area contributed by atoms with Crippen LogP contribution in [0.15, 0.2) is 72.8 Å². The zero-order valence-corrected chi connectivity index (χ0v) is 12.0. The van der Waals surface area contributed by atoms with Crippen LogP contribution in [0.3, 0.4) is 0 Å². The fraction of sp³-hybridized carbons (Fsp3) is 0.158. The van der Waals surface area contributed by atoms with Crippen LogP contribution in [0.1, 0.15) is 18.6 Å². The van der Waals surface area contributed by atoms with Gasteiger partial charge in [0.05, 0.1) is 12.1 Å². The van der Waals surface area contributed by atoms with Crippen LogP contribution in [-0.4, -0.2) is 11.1 Å². The molecule has 0 spiro atoms. The first-order valence-electron chi connectivity index (χ1n) is 7.23. The lowest BCUT2D eigenvalue weighted by Crippen LogP contribution is -2.24. The van der Waals surface area contributed by atoms with Gasteiger partial charge in [-0.05, 0) is 23.9 Å². The zero-order chi connectivity index (χ0) is 14.7. The highest BCUT2D eigenvalue weighted by atomic mass is 16.3. The molecule has 0 heterocycles. The van der Waals surface area contributed by atoms with Crippen LogP contribution < -0.4 is 5.32 Å². The van der Waals surface area contributed by atoms with Crippen molar-refractivity contribution in [3.63, 3.8) is 0 Å². The highest BCUT2D eigenvalue weighted by molar-refractivity contribution is 5.93. The fourth-order valence-electron chi connectivity index (χ4n) is 2.61. The number of nitrogens with one attached hydrogen (secondary N) is 1. The molecule has 2 N–H and O–H groups in total. The van der Waals surface area contributed by atoms with Gasteiger partial charge in [0.15, 0.2) is 0 Å². The van der Waals surface area contributed by atoms with Gasteiger partial charge in [-0.1, -0.05) is 66.7 Å². The molecule has 0 bridgehead atoms. The standard InChI is InChI=1S/C19H19NO/c1-14(19(21)16-9-3-2-4-10-16)20-18-13-7-11-15-8-5-6-12-17(15)18/h2-14,19-21H,1H3/t14-,19-/m1/s1. The van der Waals surface area contributed by atoms with Crippen molar-refractivity contribution in [2.45, 2.75) is 19.1 Å². The molecule has 0 aliphatic carbocycles. The third kappa shape index (κ3) is 2.91. The molecule has 106 valence electrons. The van der Waals surface area contributed by atoms with Gasteiger partial charge in [-0.2, -0.15) is 0 Å². The monoisotopic (exact) mass is 277 g/mol. The Kier molecular flexibility index (Phi) is 3.89. The van der Waals surface area contributed by atoms with Gasteiger partial charge in [-0.25, -0.2) is 0 Å². The van der Waals surface area contributed by atoms with Crippen molar-refractivity contribution in [1.29, 1.82) is 0 Å². The third-order valence-electron chi connectivity index (χ3n) is 3.79. The van der Waals surface area contributed by atoms with Crippen molar-refractivity contribution in [2.24, 2.45) is 0 Å². The van der Waals surface area contributed by atoms with Gasteiger partial charge >= 0.3 is 0 Å². The molecule has 2 heteroatoms. The van der Waals surface area contributed by atoms with Crippen LogP contribution in [0.5, 0.6) is 0 Å². The Bertz CT molecular complexity index is 718. The lowest BCUT2D eigenvalue weighted by Gasteiger charge is -2.22. The number of hydrogen-bond acceptors (Lipinski definition) is 2. The molecule has 3 rings (SSSR count). The molecule has 0 amide bonds. The Labute approximate surface area is 125 Å². The summed E-state index contributed by atoms with van der Waals surface area (Å²) in [6.07, 6.45) is -0.537. The number of fused-ring (bicyclic) bond motifs is 1. The first-order chi connectivity index (χ1) is 10.3. The van der Waals surface area contributed by atoms with E-state index in [1.54, 1.807) is 0 Å². The second-order valence-corrected chi connectivity index (χ2v) is 5.32. The minimum absolute atomic E-state index is 0.0711. The van der Waals surface area contributed by atoms with E-state index in [0.29, 0.717) is 0 Å². The number of rotatable bonds is 4. The minimum atomic E-state index is -0.537. The molecule has 0 aliphatic rings. The molecule has 0 fully saturated rings. The lowest BCUT2D eigenvalue weighted by atomic mass is 10.0. The lowest BCUT2D eigenvalue weighted by molar-refractivity contribution is 0.161. The summed E-state index contributed by atoms with van der Waals surface area (Å²) >= 11 is 0. The number of aliphatic hydroxyl groups excluding tert-OH is 1. The van der Waals surface area contributed by atoms with E-state index in [1.807, 2.05) is 55.5 Å². The quantitative estimate of drug-likeness (QED) is 0.742. The van der Waals surface area contributed by atoms with Gasteiger partial charge in [-0.3, -0.25) is 0 Å². The summed E-state index contributed by atoms with van der Waals surface area (Å²) in [7, 11) is 0. The maximum atomic E-state index is 10.5. The summed E-state index contributed by atoms with van der Waals surface area (Å²) in [6.45, 7) is 2.00. The summed E-state index contributed by atoms with van der Waals surface area (Å²) in [5.74, 6) is 0. The molecule has 2 atom stereocenters. The predicted molar refractivity (Wildman–Crippen MR) is 88.4 cm³/mol. The maximum Gasteiger partial charge on any atom is 0.0988 e. The van der Waals surface area contributed by atoms with Crippen molar-refractivity contribution >= 4 is 16.5 Å². The van der Waals surface area contributed by atoms with E-state index >= 15 is 0 Å². The Balaban J connectivity index is 1.85. The van der Waals surface area contributed by atoms with E-state index in [9.17, 15) is 5.11 Å². The topological polar surface area (TPSA) is 32.3 Å². The summed E-state index contributed by atoms with van der Waals surface area (Å²) in [5, 5.41) is 16.3. The average Bonchev–Trinajstić information content (AvgIpc) is 2.55. The van der Waals surface area contributed by atoms with Crippen molar-refractivity contribution in [2.75, 3.05) is 5.32 Å². The van der Waals surface area contributed by atoms with E-state index in [0.717, 1.165) is 11.3 Å². The third-order valence-corrected chi connectivity index (χ3v) is 3.79. The summed E-state index contributed by atoms with van der Waals surface area (Å²) < 4.78 is 0. The average molecular weight is 277 g/mol. The normalized spacial score (nSPS) is 13.8. The predicted octanol–water partition coefficient (Wildman–Crippen LogP) is 4.37. The first-order valence-corrected chi connectivity index (χ1v) is 7.23. The molecule has 3 aromatic carbocycles. The van der Waals surface area contributed by atoms with Crippen molar-refractivity contribution in [3.05, 3.63) is 78.4 Å². The molecule has 0 aliphatic heterocycles. The smallest absolute Gasteiger partial charge is 0.0988 e. The van der Waals surface area contributed by atoms with Gasteiger partial charge in [0.1, 0.15) is 0 Å². The van der Waals surface area contributed by atoms with Gasteiger partial charge in [0, 0.05) is 11.1 Å². The Morgan fingerprint density at radius 1 is 0.810 bits per heavy atom. The van der Waals surface area contributed by atoms with Crippen LogP contribution in [-0.2, 0) is 0 Å². The summed E-state index contributed by atoms with van der Waals surface area (Å²) in [4.78, 5) is 0. The largest absolute Gasteiger partial charge is 0.386 e. The van der Waals surface area contributed by atoms with E-state index < -0.39 is 6.10 Å². The Morgan fingerprint density at radius 3 is 2.29 bits per heavy atom. The molecule has 3 aromatic rings. The SMILES string of the molecule is C[C@@H](Nc1cccc2ccccc12)[C@@H](O)c1ccccc1. The molecule has 0 saturated heterocycles. The Hall–Kier alpha value is -2.32. The van der Waals surface area contributed by atoms with Crippen molar-refractivity contribution < 1.29 is 5.11 Å². The molecular formula is C19H19NO. The first kappa shape index (κ1) is 13.7. The van der Waals surface area contributed by atoms with E-state index in [2.05, 4.69) is 29.6 Å². The van der Waals surface area contributed by atoms with Gasteiger partial charge < -0.3 is 10.4 Å². The van der Waals surface area contributed by atoms with Crippen molar-refractivity contribution in [1.82, 2.24) is 0 Å². The van der Waals surface area contributed by atoms with E-state index in [4.69, 9.17) is 0 Å². The number of aliphatic hydroxyl groups is 1. The highest BCUT2D eigenvalue weighted by Gasteiger charge is 2.16. The minimum Gasteiger partial charge on any atom is -0.386 e. The summed E-state index contributed by atoms with van der Waals surface area (Å²) in [6, 6.07) is 24.1. The summed E-state index contributed by atoms with van der Waals surface area (Å²) in [5.41, 5.74) is 1.98. The highest BCUT2D eigenvalue weighted by Crippen LogP contribution is 2.26. The fourth-order valence-corrected chi connectivity index (χ4v) is 2.61. The molecular weight excluding hydrogens is 258 g/mol. The van der Waals surface area contributed by atoms with E-state index in [1.165, 1.54) is 10.8 Å². The zero-order valence-electron chi connectivity index (χ0n) is 12.0. The van der Waals surface area contributed by atoms with Crippen LogP contribution in [0.25, 0.3) is 10.8 Å². The van der Waals surface area contributed by atoms with Gasteiger partial charge in [-0.15, -0.1) is 0 Å². The van der Waals surface area contributed by atoms with Crippen LogP contribution >= 0.6 is 0 Å². The second-order valence-electron chi connectivity index (χ2n) is 5.32. The van der Waals surface area contributed by atoms with Gasteiger partial charge in [0.25, 0.3) is 0 Å². The second kappa shape index (κ2) is 5.98. The van der Waals surface area contributed by atoms with Crippen LogP contribution in [0, 0.1) is 0 Å². The Morgan fingerprint density at radius 2 is 1.48 bits per heavy atom. The molecule has 2 nitrogen and oxygen atoms in total. The molecule has 0 radical (unpaired) electrons. The van der Waals surface area contributed by atoms with Crippen LogP contribution in [0.2, 0.25) is 0 Å². The number of hydrogen-bond donors (Lipinski definition) is 2. The van der Waals surface area contributed by atoms with E-state index in [-0.39, 0.29) is 6.04 Å². The number of anilines is 1. The molecule has 0 aromatic heterocycles. The number of benzene rings is 3. The molecule has 0 unspecified atom stereocenters.